The van der Waals surface area contributed by atoms with Crippen LogP contribution in [0.3, 0.4) is 0 Å². The van der Waals surface area contributed by atoms with Crippen LogP contribution in [-0.4, -0.2) is 33.8 Å². The third-order valence-electron chi connectivity index (χ3n) is 4.04. The van der Waals surface area contributed by atoms with Gasteiger partial charge in [-0.1, -0.05) is 30.3 Å². The van der Waals surface area contributed by atoms with Gasteiger partial charge in [-0.2, -0.15) is 0 Å². The van der Waals surface area contributed by atoms with Gasteiger partial charge >= 0.3 is 0 Å². The summed E-state index contributed by atoms with van der Waals surface area (Å²) >= 11 is 0. The molecular formula is C19H19N3O3S. The summed E-state index contributed by atoms with van der Waals surface area (Å²) < 4.78 is 23.3. The molecule has 0 atom stereocenters. The van der Waals surface area contributed by atoms with Crippen LogP contribution in [-0.2, 0) is 10.0 Å². The largest absolute Gasteiger partial charge is 0.507 e. The first-order valence-corrected chi connectivity index (χ1v) is 9.41. The van der Waals surface area contributed by atoms with E-state index in [1.54, 1.807) is 12.1 Å². The molecule has 0 saturated carbocycles. The van der Waals surface area contributed by atoms with E-state index < -0.39 is 10.0 Å². The Balaban J connectivity index is 2.16. The molecule has 0 aliphatic carbocycles. The highest BCUT2D eigenvalue weighted by Crippen LogP contribution is 2.31. The van der Waals surface area contributed by atoms with E-state index in [1.165, 1.54) is 18.3 Å². The van der Waals surface area contributed by atoms with Crippen LogP contribution in [0.2, 0.25) is 0 Å². The fourth-order valence-electron chi connectivity index (χ4n) is 2.72. The normalized spacial score (nSPS) is 12.0. The first kappa shape index (κ1) is 17.9. The number of hydrogen-bond acceptors (Lipinski definition) is 5. The van der Waals surface area contributed by atoms with Gasteiger partial charge in [0.25, 0.3) is 0 Å². The van der Waals surface area contributed by atoms with Crippen molar-refractivity contribution in [1.82, 2.24) is 0 Å². The first-order valence-electron chi connectivity index (χ1n) is 7.86. The van der Waals surface area contributed by atoms with E-state index in [0.717, 1.165) is 16.5 Å². The van der Waals surface area contributed by atoms with Gasteiger partial charge in [0.2, 0.25) is 10.0 Å². The van der Waals surface area contributed by atoms with Crippen molar-refractivity contribution in [1.29, 1.82) is 0 Å². The van der Waals surface area contributed by atoms with Gasteiger partial charge in [-0.25, -0.2) is 13.6 Å². The van der Waals surface area contributed by atoms with Crippen molar-refractivity contribution >= 4 is 38.4 Å². The zero-order valence-corrected chi connectivity index (χ0v) is 15.2. The second-order valence-corrected chi connectivity index (χ2v) is 7.63. The maximum Gasteiger partial charge on any atom is 0.238 e. The number of rotatable bonds is 4. The van der Waals surface area contributed by atoms with Crippen molar-refractivity contribution in [2.24, 2.45) is 10.1 Å². The average Bonchev–Trinajstić information content (AvgIpc) is 2.59. The molecule has 0 aliphatic rings. The second-order valence-electron chi connectivity index (χ2n) is 6.07. The van der Waals surface area contributed by atoms with Crippen LogP contribution in [0.5, 0.6) is 5.75 Å². The Morgan fingerprint density at radius 1 is 1.08 bits per heavy atom. The molecule has 26 heavy (non-hydrogen) atoms. The number of benzene rings is 3. The number of aliphatic imine (C=N–C) groups is 1. The molecule has 3 aromatic rings. The molecule has 0 amide bonds. The number of aromatic hydroxyl groups is 1. The smallest absolute Gasteiger partial charge is 0.238 e. The molecule has 0 fully saturated rings. The Hall–Kier alpha value is -2.90. The highest BCUT2D eigenvalue weighted by molar-refractivity contribution is 7.89. The predicted molar refractivity (Wildman–Crippen MR) is 105 cm³/mol. The lowest BCUT2D eigenvalue weighted by Crippen LogP contribution is -2.13. The molecule has 0 saturated heterocycles. The third-order valence-corrected chi connectivity index (χ3v) is 4.95. The maximum absolute atomic E-state index is 11.6. The Morgan fingerprint density at radius 3 is 2.50 bits per heavy atom. The molecule has 3 N–H and O–H groups in total. The molecule has 6 nitrogen and oxygen atoms in total. The Bertz CT molecular complexity index is 1110. The van der Waals surface area contributed by atoms with E-state index >= 15 is 0 Å². The summed E-state index contributed by atoms with van der Waals surface area (Å²) in [7, 11) is -0.168. The molecule has 0 aliphatic heterocycles. The van der Waals surface area contributed by atoms with Crippen molar-refractivity contribution in [2.75, 3.05) is 19.0 Å². The molecule has 0 radical (unpaired) electrons. The second kappa shape index (κ2) is 6.78. The highest BCUT2D eigenvalue weighted by Gasteiger charge is 2.12. The van der Waals surface area contributed by atoms with Gasteiger partial charge in [0.1, 0.15) is 5.75 Å². The lowest BCUT2D eigenvalue weighted by Gasteiger charge is -2.16. The Kier molecular flexibility index (Phi) is 4.67. The quantitative estimate of drug-likeness (QED) is 0.691. The van der Waals surface area contributed by atoms with E-state index in [4.69, 9.17) is 5.14 Å². The molecular weight excluding hydrogens is 350 g/mol. The minimum Gasteiger partial charge on any atom is -0.507 e. The molecule has 0 heterocycles. The molecule has 3 aromatic carbocycles. The number of nitrogens with zero attached hydrogens (tertiary/aromatic N) is 2. The number of anilines is 1. The molecule has 3 rings (SSSR count). The fraction of sp³-hybridized carbons (Fsp3) is 0.105. The summed E-state index contributed by atoms with van der Waals surface area (Å²) in [5, 5.41) is 17.3. The highest BCUT2D eigenvalue weighted by atomic mass is 32.2. The number of phenols is 1. The number of primary sulfonamides is 1. The van der Waals surface area contributed by atoms with Crippen molar-refractivity contribution in [3.63, 3.8) is 0 Å². The van der Waals surface area contributed by atoms with Crippen molar-refractivity contribution in [2.45, 2.75) is 4.90 Å². The van der Waals surface area contributed by atoms with Crippen LogP contribution in [0.25, 0.3) is 10.8 Å². The van der Waals surface area contributed by atoms with E-state index in [1.807, 2.05) is 49.3 Å². The van der Waals surface area contributed by atoms with Crippen molar-refractivity contribution in [3.05, 3.63) is 60.2 Å². The van der Waals surface area contributed by atoms with Gasteiger partial charge in [-0.05, 0) is 35.0 Å². The summed E-state index contributed by atoms with van der Waals surface area (Å²) in [6.45, 7) is 0. The number of fused-ring (bicyclic) bond motifs is 1. The molecule has 0 bridgehead atoms. The summed E-state index contributed by atoms with van der Waals surface area (Å²) in [6.07, 6.45) is 1.53. The Morgan fingerprint density at radius 2 is 1.81 bits per heavy atom. The lowest BCUT2D eigenvalue weighted by molar-refractivity contribution is 0.475. The van der Waals surface area contributed by atoms with Gasteiger partial charge in [0.05, 0.1) is 16.3 Å². The summed E-state index contributed by atoms with van der Waals surface area (Å²) in [5.74, 6) is 0.0986. The van der Waals surface area contributed by atoms with Gasteiger partial charge in [0, 0.05) is 25.9 Å². The zero-order chi connectivity index (χ0) is 18.9. The monoisotopic (exact) mass is 369 g/mol. The van der Waals surface area contributed by atoms with Crippen LogP contribution in [0, 0.1) is 0 Å². The van der Waals surface area contributed by atoms with Gasteiger partial charge in [-0.15, -0.1) is 0 Å². The minimum absolute atomic E-state index is 0.0163. The third kappa shape index (κ3) is 3.54. The topological polar surface area (TPSA) is 96.0 Å². The fourth-order valence-corrected chi connectivity index (χ4v) is 3.25. The summed E-state index contributed by atoms with van der Waals surface area (Å²) in [6, 6.07) is 15.6. The van der Waals surface area contributed by atoms with Crippen LogP contribution in [0.1, 0.15) is 5.56 Å². The number of hydrogen-bond donors (Lipinski definition) is 2. The van der Waals surface area contributed by atoms with E-state index in [9.17, 15) is 13.5 Å². The predicted octanol–water partition coefficient (Wildman–Crippen LogP) is 3.01. The average molecular weight is 369 g/mol. The Labute approximate surface area is 152 Å². The van der Waals surface area contributed by atoms with Crippen LogP contribution < -0.4 is 10.0 Å². The summed E-state index contributed by atoms with van der Waals surface area (Å²) in [4.78, 5) is 6.24. The number of phenolic OH excluding ortho intramolecular Hbond substituents is 1. The first-order chi connectivity index (χ1) is 12.3. The molecule has 0 aromatic heterocycles. The molecule has 134 valence electrons. The van der Waals surface area contributed by atoms with Crippen LogP contribution >= 0.6 is 0 Å². The van der Waals surface area contributed by atoms with E-state index in [2.05, 4.69) is 4.99 Å². The molecule has 0 unspecified atom stereocenters. The maximum atomic E-state index is 11.6. The van der Waals surface area contributed by atoms with Crippen LogP contribution in [0.4, 0.5) is 11.4 Å². The van der Waals surface area contributed by atoms with Gasteiger partial charge in [0.15, 0.2) is 0 Å². The van der Waals surface area contributed by atoms with Crippen molar-refractivity contribution in [3.8, 4) is 5.75 Å². The molecule has 0 spiro atoms. The van der Waals surface area contributed by atoms with Gasteiger partial charge in [-0.3, -0.25) is 4.99 Å². The number of sulfonamides is 1. The van der Waals surface area contributed by atoms with Gasteiger partial charge < -0.3 is 10.0 Å². The van der Waals surface area contributed by atoms with E-state index in [-0.39, 0.29) is 10.6 Å². The lowest BCUT2D eigenvalue weighted by atomic mass is 10.0. The minimum atomic E-state index is -3.84. The zero-order valence-electron chi connectivity index (χ0n) is 14.4. The standard InChI is InChI=1S/C19H19N3O3S/c1-22(2)18-9-8-14(26(20,24)25)11-17(18)21-12-16-15-6-4-3-5-13(15)7-10-19(16)23/h3-12,23H,1-2H3,(H2,20,24,25). The van der Waals surface area contributed by atoms with Crippen molar-refractivity contribution < 1.29 is 13.5 Å². The SMILES string of the molecule is CN(C)c1ccc(S(N)(=O)=O)cc1N=Cc1c(O)ccc2ccccc12. The summed E-state index contributed by atoms with van der Waals surface area (Å²) in [5.41, 5.74) is 1.73. The number of nitrogens with two attached hydrogens (primary N) is 1. The van der Waals surface area contributed by atoms with Crippen LogP contribution in [0.15, 0.2) is 64.5 Å². The molecule has 7 heteroatoms. The van der Waals surface area contributed by atoms with E-state index in [0.29, 0.717) is 11.3 Å².